The molecule has 1 aliphatic rings. The molecule has 5 heteroatoms. The molecule has 0 saturated carbocycles. The Morgan fingerprint density at radius 2 is 1.95 bits per heavy atom. The summed E-state index contributed by atoms with van der Waals surface area (Å²) in [4.78, 5) is 15.7. The molecule has 0 atom stereocenters. The molecular weight excluding hydrogens is 268 g/mol. The van der Waals surface area contributed by atoms with Crippen molar-refractivity contribution in [2.24, 2.45) is 0 Å². The molecule has 2 rings (SSSR count). The molecule has 0 radical (unpaired) electrons. The average molecular weight is 292 g/mol. The number of hydrogen-bond acceptors (Lipinski definition) is 4. The maximum absolute atomic E-state index is 12.1. The number of carbonyl (C=O) groups excluding carboxylic acids is 1. The molecular formula is C16H24N2O3. The van der Waals surface area contributed by atoms with Gasteiger partial charge in [0, 0.05) is 27.2 Å². The first kappa shape index (κ1) is 15.5. The van der Waals surface area contributed by atoms with E-state index in [0.29, 0.717) is 13.1 Å². The van der Waals surface area contributed by atoms with E-state index in [1.807, 2.05) is 45.8 Å². The molecule has 0 aromatic heterocycles. The lowest BCUT2D eigenvalue weighted by molar-refractivity contribution is 0.0224. The van der Waals surface area contributed by atoms with E-state index >= 15 is 0 Å². The van der Waals surface area contributed by atoms with E-state index in [0.717, 1.165) is 17.7 Å². The highest BCUT2D eigenvalue weighted by Gasteiger charge is 2.26. The van der Waals surface area contributed by atoms with Crippen molar-refractivity contribution in [3.63, 3.8) is 0 Å². The van der Waals surface area contributed by atoms with Gasteiger partial charge in [-0.05, 0) is 50.5 Å². The van der Waals surface area contributed by atoms with Gasteiger partial charge in [0.15, 0.2) is 0 Å². The summed E-state index contributed by atoms with van der Waals surface area (Å²) in [6, 6.07) is 3.75. The SMILES string of the molecule is CN(C)c1cc2c(cc1O)CN(C(=O)OC(C)(C)C)CC2. The summed E-state index contributed by atoms with van der Waals surface area (Å²) in [7, 11) is 3.80. The second-order valence-electron chi connectivity index (χ2n) is 6.66. The van der Waals surface area contributed by atoms with Crippen LogP contribution in [0.3, 0.4) is 0 Å². The largest absolute Gasteiger partial charge is 0.506 e. The van der Waals surface area contributed by atoms with Crippen LogP contribution in [0.25, 0.3) is 0 Å². The molecule has 0 fully saturated rings. The van der Waals surface area contributed by atoms with Crippen molar-refractivity contribution in [2.75, 3.05) is 25.5 Å². The third-order valence-corrected chi connectivity index (χ3v) is 3.44. The Morgan fingerprint density at radius 1 is 1.29 bits per heavy atom. The minimum Gasteiger partial charge on any atom is -0.506 e. The summed E-state index contributed by atoms with van der Waals surface area (Å²) in [6.07, 6.45) is 0.472. The van der Waals surface area contributed by atoms with E-state index < -0.39 is 5.60 Å². The predicted octanol–water partition coefficient (Wildman–Crippen LogP) is 2.75. The van der Waals surface area contributed by atoms with Crippen LogP contribution in [0.15, 0.2) is 12.1 Å². The first-order chi connectivity index (χ1) is 9.67. The van der Waals surface area contributed by atoms with Crippen LogP contribution in [0.2, 0.25) is 0 Å². The summed E-state index contributed by atoms with van der Waals surface area (Å²) >= 11 is 0. The number of benzene rings is 1. The standard InChI is InChI=1S/C16H24N2O3/c1-16(2,3)21-15(20)18-7-6-11-8-13(17(4)5)14(19)9-12(11)10-18/h8-9,19H,6-7,10H2,1-5H3. The van der Waals surface area contributed by atoms with Crippen molar-refractivity contribution >= 4 is 11.8 Å². The predicted molar refractivity (Wildman–Crippen MR) is 82.8 cm³/mol. The topological polar surface area (TPSA) is 53.0 Å². The fourth-order valence-corrected chi connectivity index (χ4v) is 2.42. The molecule has 1 heterocycles. The van der Waals surface area contributed by atoms with E-state index in [4.69, 9.17) is 4.74 Å². The van der Waals surface area contributed by atoms with E-state index in [-0.39, 0.29) is 11.8 Å². The van der Waals surface area contributed by atoms with Gasteiger partial charge in [-0.2, -0.15) is 0 Å². The molecule has 1 aromatic carbocycles. The Bertz CT molecular complexity index is 547. The number of nitrogens with zero attached hydrogens (tertiary/aromatic N) is 2. The number of amides is 1. The number of fused-ring (bicyclic) bond motifs is 1. The summed E-state index contributed by atoms with van der Waals surface area (Å²) in [6.45, 7) is 6.69. The summed E-state index contributed by atoms with van der Waals surface area (Å²) in [5.41, 5.74) is 2.47. The number of rotatable bonds is 1. The van der Waals surface area contributed by atoms with Gasteiger partial charge in [-0.25, -0.2) is 4.79 Å². The number of phenolic OH excluding ortho intramolecular Hbond substituents is 1. The highest BCUT2D eigenvalue weighted by Crippen LogP contribution is 2.32. The number of aromatic hydroxyl groups is 1. The average Bonchev–Trinajstić information content (AvgIpc) is 2.34. The summed E-state index contributed by atoms with van der Waals surface area (Å²) in [5, 5.41) is 10.1. The van der Waals surface area contributed by atoms with E-state index in [1.165, 1.54) is 5.56 Å². The van der Waals surface area contributed by atoms with E-state index in [2.05, 4.69) is 0 Å². The molecule has 0 unspecified atom stereocenters. The molecule has 0 bridgehead atoms. The van der Waals surface area contributed by atoms with Gasteiger partial charge >= 0.3 is 6.09 Å². The molecule has 1 amide bonds. The molecule has 0 spiro atoms. The molecule has 1 N–H and O–H groups in total. The van der Waals surface area contributed by atoms with Crippen LogP contribution in [0.5, 0.6) is 5.75 Å². The van der Waals surface area contributed by atoms with Crippen LogP contribution in [0.1, 0.15) is 31.9 Å². The van der Waals surface area contributed by atoms with Crippen LogP contribution in [0.4, 0.5) is 10.5 Å². The molecule has 0 aliphatic carbocycles. The van der Waals surface area contributed by atoms with Gasteiger partial charge in [0.25, 0.3) is 0 Å². The van der Waals surface area contributed by atoms with Crippen molar-refractivity contribution in [2.45, 2.75) is 39.3 Å². The van der Waals surface area contributed by atoms with E-state index in [9.17, 15) is 9.90 Å². The zero-order valence-corrected chi connectivity index (χ0v) is 13.4. The maximum atomic E-state index is 12.1. The van der Waals surface area contributed by atoms with Crippen LogP contribution in [-0.2, 0) is 17.7 Å². The van der Waals surface area contributed by atoms with Crippen LogP contribution in [-0.4, -0.2) is 42.3 Å². The Kier molecular flexibility index (Phi) is 4.03. The maximum Gasteiger partial charge on any atom is 0.410 e. The van der Waals surface area contributed by atoms with E-state index in [1.54, 1.807) is 11.0 Å². The van der Waals surface area contributed by atoms with Crippen LogP contribution >= 0.6 is 0 Å². The molecule has 1 aromatic rings. The number of anilines is 1. The quantitative estimate of drug-likeness (QED) is 0.864. The minimum atomic E-state index is -0.492. The third kappa shape index (κ3) is 3.60. The van der Waals surface area contributed by atoms with Gasteiger partial charge in [-0.3, -0.25) is 0 Å². The molecule has 1 aliphatic heterocycles. The molecule has 116 valence electrons. The van der Waals surface area contributed by atoms with Gasteiger partial charge < -0.3 is 19.6 Å². The van der Waals surface area contributed by atoms with Crippen LogP contribution < -0.4 is 4.90 Å². The monoisotopic (exact) mass is 292 g/mol. The number of hydrogen-bond donors (Lipinski definition) is 1. The summed E-state index contributed by atoms with van der Waals surface area (Å²) in [5.74, 6) is 0.241. The Balaban J connectivity index is 2.18. The smallest absolute Gasteiger partial charge is 0.410 e. The normalized spacial score (nSPS) is 14.6. The van der Waals surface area contributed by atoms with Gasteiger partial charge in [-0.1, -0.05) is 0 Å². The zero-order chi connectivity index (χ0) is 15.8. The Labute approximate surface area is 126 Å². The van der Waals surface area contributed by atoms with Gasteiger partial charge in [-0.15, -0.1) is 0 Å². The molecule has 5 nitrogen and oxygen atoms in total. The van der Waals surface area contributed by atoms with Gasteiger partial charge in [0.2, 0.25) is 0 Å². The van der Waals surface area contributed by atoms with Crippen molar-refractivity contribution in [1.82, 2.24) is 4.90 Å². The fraction of sp³-hybridized carbons (Fsp3) is 0.562. The number of ether oxygens (including phenoxy) is 1. The highest BCUT2D eigenvalue weighted by molar-refractivity contribution is 5.69. The first-order valence-corrected chi connectivity index (χ1v) is 7.17. The van der Waals surface area contributed by atoms with Crippen molar-refractivity contribution in [3.05, 3.63) is 23.3 Å². The molecule has 0 saturated heterocycles. The zero-order valence-electron chi connectivity index (χ0n) is 13.4. The lowest BCUT2D eigenvalue weighted by Gasteiger charge is -2.32. The number of carbonyl (C=O) groups is 1. The van der Waals surface area contributed by atoms with Gasteiger partial charge in [0.1, 0.15) is 11.4 Å². The first-order valence-electron chi connectivity index (χ1n) is 7.17. The van der Waals surface area contributed by atoms with Crippen molar-refractivity contribution in [3.8, 4) is 5.75 Å². The van der Waals surface area contributed by atoms with Gasteiger partial charge in [0.05, 0.1) is 5.69 Å². The summed E-state index contributed by atoms with van der Waals surface area (Å²) < 4.78 is 5.40. The number of phenols is 1. The lowest BCUT2D eigenvalue weighted by atomic mass is 9.98. The Morgan fingerprint density at radius 3 is 2.52 bits per heavy atom. The van der Waals surface area contributed by atoms with Crippen molar-refractivity contribution in [1.29, 1.82) is 0 Å². The fourth-order valence-electron chi connectivity index (χ4n) is 2.42. The second kappa shape index (κ2) is 5.47. The van der Waals surface area contributed by atoms with Crippen LogP contribution in [0, 0.1) is 0 Å². The molecule has 21 heavy (non-hydrogen) atoms. The highest BCUT2D eigenvalue weighted by atomic mass is 16.6. The third-order valence-electron chi connectivity index (χ3n) is 3.44. The Hall–Kier alpha value is -1.91. The minimum absolute atomic E-state index is 0.241. The lowest BCUT2D eigenvalue weighted by Crippen LogP contribution is -2.39. The second-order valence-corrected chi connectivity index (χ2v) is 6.66. The van der Waals surface area contributed by atoms with Crippen molar-refractivity contribution < 1.29 is 14.6 Å².